The van der Waals surface area contributed by atoms with Gasteiger partial charge in [0.1, 0.15) is 12.2 Å². The largest absolute Gasteiger partial charge is 0.505 e. The van der Waals surface area contributed by atoms with Crippen molar-refractivity contribution in [1.29, 1.82) is 0 Å². The predicted molar refractivity (Wildman–Crippen MR) is 133 cm³/mol. The number of cyclic esters (lactones) is 2. The van der Waals surface area contributed by atoms with Crippen molar-refractivity contribution in [1.82, 2.24) is 5.32 Å². The van der Waals surface area contributed by atoms with Gasteiger partial charge in [0, 0.05) is 13.8 Å². The molecule has 11 nitrogen and oxygen atoms in total. The van der Waals surface area contributed by atoms with Crippen molar-refractivity contribution in [2.75, 3.05) is 5.32 Å². The van der Waals surface area contributed by atoms with E-state index in [-0.39, 0.29) is 11.3 Å². The van der Waals surface area contributed by atoms with Gasteiger partial charge in [0.05, 0.1) is 17.2 Å². The van der Waals surface area contributed by atoms with Crippen LogP contribution in [0.4, 0.5) is 5.69 Å². The van der Waals surface area contributed by atoms with Gasteiger partial charge >= 0.3 is 17.9 Å². The van der Waals surface area contributed by atoms with Crippen LogP contribution in [0, 0.1) is 5.92 Å². The van der Waals surface area contributed by atoms with Crippen LogP contribution in [0.3, 0.4) is 0 Å². The molecule has 204 valence electrons. The molecule has 0 aromatic heterocycles. The van der Waals surface area contributed by atoms with Gasteiger partial charge in [-0.15, -0.1) is 0 Å². The van der Waals surface area contributed by atoms with Crippen LogP contribution in [0.2, 0.25) is 0 Å². The molecule has 1 aromatic carbocycles. The van der Waals surface area contributed by atoms with E-state index in [1.54, 1.807) is 0 Å². The van der Waals surface area contributed by atoms with Crippen LogP contribution >= 0.6 is 0 Å². The van der Waals surface area contributed by atoms with Gasteiger partial charge in [-0.2, -0.15) is 0 Å². The molecule has 2 rings (SSSR count). The highest BCUT2D eigenvalue weighted by molar-refractivity contribution is 6.02. The smallest absolute Gasteiger partial charge is 0.332 e. The molecule has 1 saturated heterocycles. The fourth-order valence-corrected chi connectivity index (χ4v) is 4.17. The Bertz CT molecular complexity index is 1010. The number of benzene rings is 1. The molecule has 1 aromatic rings. The number of para-hydroxylation sites is 1. The molecule has 1 aliphatic rings. The number of amides is 2. The second-order valence-corrected chi connectivity index (χ2v) is 9.15. The Hall–Kier alpha value is -3.63. The molecule has 3 N–H and O–H groups in total. The number of carbonyl (C=O) groups excluding carboxylic acids is 5. The number of hydrogen-bond acceptors (Lipinski definition) is 9. The van der Waals surface area contributed by atoms with Gasteiger partial charge in [-0.3, -0.25) is 19.2 Å². The summed E-state index contributed by atoms with van der Waals surface area (Å²) in [5, 5.41) is 15.3. The third-order valence-electron chi connectivity index (χ3n) is 6.04. The Kier molecular flexibility index (Phi) is 10.9. The molecule has 5 atom stereocenters. The average Bonchev–Trinajstić information content (AvgIpc) is 2.83. The summed E-state index contributed by atoms with van der Waals surface area (Å²) in [5.74, 6) is -4.86. The van der Waals surface area contributed by atoms with Crippen molar-refractivity contribution in [3.63, 3.8) is 0 Å². The second kappa shape index (κ2) is 13.6. The van der Waals surface area contributed by atoms with Crippen molar-refractivity contribution < 1.29 is 43.3 Å². The van der Waals surface area contributed by atoms with Crippen LogP contribution < -0.4 is 10.6 Å². The molecule has 0 bridgehead atoms. The van der Waals surface area contributed by atoms with E-state index in [4.69, 9.17) is 14.2 Å². The van der Waals surface area contributed by atoms with Crippen LogP contribution in [0.25, 0.3) is 0 Å². The summed E-state index contributed by atoms with van der Waals surface area (Å²) in [6.45, 7) is 7.45. The summed E-state index contributed by atoms with van der Waals surface area (Å²) in [5.41, 5.74) is -0.197. The minimum absolute atomic E-state index is 0.0143. The minimum atomic E-state index is -1.42. The van der Waals surface area contributed by atoms with E-state index in [1.165, 1.54) is 45.9 Å². The van der Waals surface area contributed by atoms with E-state index < -0.39 is 65.7 Å². The van der Waals surface area contributed by atoms with Crippen molar-refractivity contribution in [3.05, 3.63) is 23.8 Å². The molecule has 0 spiro atoms. The van der Waals surface area contributed by atoms with Crippen molar-refractivity contribution in [3.8, 4) is 5.75 Å². The average molecular weight is 521 g/mol. The van der Waals surface area contributed by atoms with E-state index in [9.17, 15) is 29.1 Å². The summed E-state index contributed by atoms with van der Waals surface area (Å²) >= 11 is 0. The van der Waals surface area contributed by atoms with Gasteiger partial charge in [0.25, 0.3) is 5.91 Å². The highest BCUT2D eigenvalue weighted by atomic mass is 16.6. The zero-order chi connectivity index (χ0) is 27.7. The number of esters is 3. The number of rotatable bonds is 9. The molecule has 2 amide bonds. The maximum absolute atomic E-state index is 13.2. The lowest BCUT2D eigenvalue weighted by atomic mass is 9.92. The van der Waals surface area contributed by atoms with Gasteiger partial charge in [-0.25, -0.2) is 4.79 Å². The lowest BCUT2D eigenvalue weighted by Crippen LogP contribution is -2.50. The molecule has 0 aliphatic carbocycles. The number of unbranched alkanes of at least 4 members (excludes halogenated alkanes) is 3. The number of hydrogen-bond donors (Lipinski definition) is 3. The van der Waals surface area contributed by atoms with Crippen LogP contribution in [-0.4, -0.2) is 59.2 Å². The molecule has 0 radical (unpaired) electrons. The van der Waals surface area contributed by atoms with E-state index >= 15 is 0 Å². The quantitative estimate of drug-likeness (QED) is 0.193. The first-order valence-corrected chi connectivity index (χ1v) is 12.4. The normalized spacial score (nSPS) is 24.0. The zero-order valence-corrected chi connectivity index (χ0v) is 21.9. The molecule has 0 saturated carbocycles. The van der Waals surface area contributed by atoms with Crippen LogP contribution in [-0.2, 0) is 33.4 Å². The van der Waals surface area contributed by atoms with Gasteiger partial charge in [0.2, 0.25) is 5.91 Å². The standard InChI is InChI=1S/C26H36N2O9/c1-6-7-8-9-11-19-23(37-17(5)30)15(3)36-26(34)21(14(2)35-25(19)33)28-24(32)18-12-10-13-20(22(18)31)27-16(4)29/h10,12-15,19,21,23,31H,6-9,11H2,1-5H3,(H,27,29)(H,28,32). The number of nitrogens with one attached hydrogen (secondary N) is 2. The third-order valence-corrected chi connectivity index (χ3v) is 6.04. The maximum atomic E-state index is 13.2. The fraction of sp³-hybridized carbons (Fsp3) is 0.577. The molecular weight excluding hydrogens is 484 g/mol. The summed E-state index contributed by atoms with van der Waals surface area (Å²) in [4.78, 5) is 62.4. The van der Waals surface area contributed by atoms with E-state index in [0.29, 0.717) is 12.8 Å². The molecule has 5 unspecified atom stereocenters. The van der Waals surface area contributed by atoms with Gasteiger partial charge in [-0.05, 0) is 32.4 Å². The Morgan fingerprint density at radius 3 is 2.30 bits per heavy atom. The Morgan fingerprint density at radius 1 is 1.00 bits per heavy atom. The zero-order valence-electron chi connectivity index (χ0n) is 21.9. The Morgan fingerprint density at radius 2 is 1.68 bits per heavy atom. The van der Waals surface area contributed by atoms with Crippen molar-refractivity contribution >= 4 is 35.4 Å². The third kappa shape index (κ3) is 8.19. The van der Waals surface area contributed by atoms with Crippen molar-refractivity contribution in [2.24, 2.45) is 5.92 Å². The van der Waals surface area contributed by atoms with Crippen LogP contribution in [0.5, 0.6) is 5.75 Å². The topological polar surface area (TPSA) is 157 Å². The summed E-state index contributed by atoms with van der Waals surface area (Å²) in [6, 6.07) is 2.74. The van der Waals surface area contributed by atoms with E-state index in [1.807, 2.05) is 0 Å². The number of carbonyl (C=O) groups is 5. The highest BCUT2D eigenvalue weighted by Crippen LogP contribution is 2.29. The maximum Gasteiger partial charge on any atom is 0.332 e. The second-order valence-electron chi connectivity index (χ2n) is 9.15. The molecule has 1 fully saturated rings. The number of anilines is 1. The fourth-order valence-electron chi connectivity index (χ4n) is 4.17. The first-order valence-electron chi connectivity index (χ1n) is 12.4. The molecule has 1 heterocycles. The Labute approximate surface area is 216 Å². The lowest BCUT2D eigenvalue weighted by molar-refractivity contribution is -0.173. The van der Waals surface area contributed by atoms with Gasteiger partial charge in [-0.1, -0.05) is 38.7 Å². The summed E-state index contributed by atoms with van der Waals surface area (Å²) < 4.78 is 16.5. The van der Waals surface area contributed by atoms with Crippen LogP contribution in [0.15, 0.2) is 18.2 Å². The molecular formula is C26H36N2O9. The monoisotopic (exact) mass is 520 g/mol. The minimum Gasteiger partial charge on any atom is -0.505 e. The highest BCUT2D eigenvalue weighted by Gasteiger charge is 2.43. The Balaban J connectivity index is 2.31. The first kappa shape index (κ1) is 29.6. The number of aromatic hydroxyl groups is 1. The predicted octanol–water partition coefficient (Wildman–Crippen LogP) is 2.84. The number of phenols is 1. The van der Waals surface area contributed by atoms with Gasteiger partial charge < -0.3 is 30.0 Å². The summed E-state index contributed by atoms with van der Waals surface area (Å²) in [6.07, 6.45) is 0.708. The lowest BCUT2D eigenvalue weighted by Gasteiger charge is -2.28. The van der Waals surface area contributed by atoms with E-state index in [0.717, 1.165) is 19.3 Å². The first-order chi connectivity index (χ1) is 17.5. The van der Waals surface area contributed by atoms with Crippen LogP contribution in [0.1, 0.15) is 77.1 Å². The number of phenolic OH excluding ortho intramolecular Hbond substituents is 1. The molecule has 1 aliphatic heterocycles. The van der Waals surface area contributed by atoms with E-state index in [2.05, 4.69) is 17.6 Å². The van der Waals surface area contributed by atoms with Gasteiger partial charge in [0.15, 0.2) is 17.9 Å². The molecule has 37 heavy (non-hydrogen) atoms. The number of ether oxygens (including phenoxy) is 3. The van der Waals surface area contributed by atoms with Crippen molar-refractivity contribution in [2.45, 2.75) is 91.1 Å². The SMILES string of the molecule is CCCCCCC1C(=O)OC(C)C(NC(=O)c2cccc(NC(C)=O)c2O)C(=O)OC(C)C1OC(C)=O. The summed E-state index contributed by atoms with van der Waals surface area (Å²) in [7, 11) is 0. The molecule has 11 heteroatoms.